The van der Waals surface area contributed by atoms with Crippen LogP contribution in [0, 0.1) is 23.3 Å². The van der Waals surface area contributed by atoms with Gasteiger partial charge in [-0.15, -0.1) is 22.7 Å². The van der Waals surface area contributed by atoms with Gasteiger partial charge in [-0.05, 0) is 58.7 Å². The van der Waals surface area contributed by atoms with Crippen LogP contribution in [-0.2, 0) is 85.0 Å². The maximum absolute atomic E-state index is 16.0. The van der Waals surface area contributed by atoms with Gasteiger partial charge in [0.1, 0.15) is 49.7 Å². The van der Waals surface area contributed by atoms with Crippen LogP contribution in [0.4, 0.5) is 17.6 Å². The van der Waals surface area contributed by atoms with E-state index in [4.69, 9.17) is 18.9 Å². The second-order valence-electron chi connectivity index (χ2n) is 19.3. The highest BCUT2D eigenvalue weighted by atomic mass is 32.1. The average Bonchev–Trinajstić information content (AvgIpc) is 1.71. The second kappa shape index (κ2) is 20.7. The van der Waals surface area contributed by atoms with Crippen LogP contribution in [0.2, 0.25) is 0 Å². The first kappa shape index (κ1) is 52.9. The zero-order valence-electron chi connectivity index (χ0n) is 42.2. The lowest BCUT2D eigenvalue weighted by Gasteiger charge is -2.29. The molecule has 0 radical (unpaired) electrons. The minimum absolute atomic E-state index is 0.0336. The Morgan fingerprint density at radius 2 is 0.695 bits per heavy atom. The molecule has 0 aliphatic heterocycles. The van der Waals surface area contributed by atoms with Gasteiger partial charge in [-0.3, -0.25) is 38.4 Å². The van der Waals surface area contributed by atoms with Crippen molar-refractivity contribution in [2.75, 3.05) is 0 Å². The summed E-state index contributed by atoms with van der Waals surface area (Å²) >= 11 is 1.45. The van der Waals surface area contributed by atoms with Gasteiger partial charge in [0.15, 0.2) is 0 Å². The van der Waals surface area contributed by atoms with E-state index in [2.05, 4.69) is 0 Å². The molecule has 0 N–H and O–H groups in total. The van der Waals surface area contributed by atoms with Gasteiger partial charge in [-0.1, -0.05) is 121 Å². The van der Waals surface area contributed by atoms with Crippen molar-refractivity contribution in [3.05, 3.63) is 256 Å². The number of halogens is 4. The molecule has 12 rings (SSSR count). The molecule has 0 bridgehead atoms. The van der Waals surface area contributed by atoms with Crippen LogP contribution >= 0.6 is 22.7 Å². The molecule has 6 aromatic carbocycles. The van der Waals surface area contributed by atoms with Gasteiger partial charge < -0.3 is 18.9 Å². The van der Waals surface area contributed by atoms with Crippen LogP contribution in [0.3, 0.4) is 0 Å². The minimum Gasteiger partial charge on any atom is -0.459 e. The summed E-state index contributed by atoms with van der Waals surface area (Å²) in [5.74, 6) is -15.0. The SMILES string of the molecule is O=C1C(=O)c2c(F)cc(F)cc2/C1=C/c1cc2c(s1)C1=C(c3sc(/C=C4\C(=O)C(=O)c5c(F)cc(F)cc54)cc3C1(C(=O)OCc1ccccc1)C(=O)OCc1ccccc1)C2(C(=O)OCc1ccccc1)C(=O)OCc1ccccc1. The first-order valence-corrected chi connectivity index (χ1v) is 26.7. The third kappa shape index (κ3) is 8.56. The molecule has 0 amide bonds. The van der Waals surface area contributed by atoms with E-state index in [9.17, 15) is 28.0 Å². The van der Waals surface area contributed by atoms with Crippen LogP contribution in [0.5, 0.6) is 0 Å². The van der Waals surface area contributed by atoms with Crippen molar-refractivity contribution >= 4 is 104 Å². The number of rotatable bonds is 14. The third-order valence-electron chi connectivity index (χ3n) is 14.5. The zero-order chi connectivity index (χ0) is 57.2. The molecule has 8 aromatic rings. The number of carbonyl (C=O) groups is 8. The number of carbonyl (C=O) groups excluding carboxylic acids is 8. The molecule has 18 heteroatoms. The van der Waals surface area contributed by atoms with Gasteiger partial charge in [-0.2, -0.15) is 0 Å². The summed E-state index contributed by atoms with van der Waals surface area (Å²) < 4.78 is 85.1. The topological polar surface area (TPSA) is 173 Å². The number of hydrogen-bond acceptors (Lipinski definition) is 14. The molecule has 0 saturated heterocycles. The quantitative estimate of drug-likeness (QED) is 0.0252. The monoisotopic (exact) mass is 1140 g/mol. The van der Waals surface area contributed by atoms with E-state index in [1.54, 1.807) is 121 Å². The summed E-state index contributed by atoms with van der Waals surface area (Å²) in [7, 11) is 0. The Morgan fingerprint density at radius 1 is 0.402 bits per heavy atom. The van der Waals surface area contributed by atoms with Crippen molar-refractivity contribution in [2.24, 2.45) is 0 Å². The maximum atomic E-state index is 16.0. The molecule has 0 atom stereocenters. The maximum Gasteiger partial charge on any atom is 0.333 e. The van der Waals surface area contributed by atoms with Crippen molar-refractivity contribution in [3.63, 3.8) is 0 Å². The van der Waals surface area contributed by atoms with Gasteiger partial charge in [-0.25, -0.2) is 17.6 Å². The molecule has 2 heterocycles. The molecule has 0 saturated carbocycles. The normalized spacial score (nSPS) is 16.0. The Bertz CT molecular complexity index is 3820. The molecular formula is C64H36F4O12S2. The smallest absolute Gasteiger partial charge is 0.333 e. The van der Waals surface area contributed by atoms with E-state index >= 15 is 28.0 Å². The Kier molecular flexibility index (Phi) is 13.4. The lowest BCUT2D eigenvalue weighted by atomic mass is 9.76. The summed E-state index contributed by atoms with van der Waals surface area (Å²) in [6.07, 6.45) is 2.26. The van der Waals surface area contributed by atoms with E-state index in [0.717, 1.165) is 47.0 Å². The highest BCUT2D eigenvalue weighted by Gasteiger charge is 2.72. The van der Waals surface area contributed by atoms with Crippen LogP contribution in [0.15, 0.2) is 158 Å². The van der Waals surface area contributed by atoms with Crippen LogP contribution < -0.4 is 0 Å². The summed E-state index contributed by atoms with van der Waals surface area (Å²) in [5.41, 5.74) is -8.19. The van der Waals surface area contributed by atoms with Gasteiger partial charge in [0.25, 0.3) is 0 Å². The fraction of sp³-hybridized carbons (Fsp3) is 0.0938. The molecule has 82 heavy (non-hydrogen) atoms. The summed E-state index contributed by atoms with van der Waals surface area (Å²) in [5, 5.41) is 0. The van der Waals surface area contributed by atoms with Crippen LogP contribution in [0.25, 0.3) is 34.4 Å². The molecule has 4 aliphatic rings. The molecular weight excluding hydrogens is 1100 g/mol. The highest BCUT2D eigenvalue weighted by molar-refractivity contribution is 7.16. The molecule has 0 fully saturated rings. The van der Waals surface area contributed by atoms with Gasteiger partial charge in [0.05, 0.1) is 11.1 Å². The largest absolute Gasteiger partial charge is 0.459 e. The second-order valence-corrected chi connectivity index (χ2v) is 21.5. The van der Waals surface area contributed by atoms with E-state index < -0.39 is 130 Å². The fourth-order valence-electron chi connectivity index (χ4n) is 10.8. The minimum atomic E-state index is -2.86. The van der Waals surface area contributed by atoms with Gasteiger partial charge in [0.2, 0.25) is 34.0 Å². The molecule has 0 unspecified atom stereocenters. The van der Waals surface area contributed by atoms with Gasteiger partial charge >= 0.3 is 23.9 Å². The number of benzene rings is 6. The van der Waals surface area contributed by atoms with Crippen molar-refractivity contribution in [3.8, 4) is 0 Å². The zero-order valence-corrected chi connectivity index (χ0v) is 43.9. The Hall–Kier alpha value is -9.78. The van der Waals surface area contributed by atoms with Crippen LogP contribution in [0.1, 0.15) is 84.7 Å². The molecule has 2 aromatic heterocycles. The van der Waals surface area contributed by atoms with Crippen molar-refractivity contribution in [1.82, 2.24) is 0 Å². The number of esters is 4. The first-order chi connectivity index (χ1) is 39.6. The molecule has 4 aliphatic carbocycles. The number of thiophene rings is 2. The fourth-order valence-corrected chi connectivity index (χ4v) is 13.3. The number of ketones is 4. The highest BCUT2D eigenvalue weighted by Crippen LogP contribution is 2.68. The number of ether oxygens (including phenoxy) is 4. The summed E-state index contributed by atoms with van der Waals surface area (Å²) in [6, 6.07) is 38.5. The van der Waals surface area contributed by atoms with E-state index in [-0.39, 0.29) is 52.9 Å². The molecule has 0 spiro atoms. The van der Waals surface area contributed by atoms with E-state index in [1.165, 1.54) is 12.1 Å². The van der Waals surface area contributed by atoms with Crippen LogP contribution in [-0.4, -0.2) is 47.0 Å². The van der Waals surface area contributed by atoms with Gasteiger partial charge in [0, 0.05) is 76.2 Å². The van der Waals surface area contributed by atoms with E-state index in [0.29, 0.717) is 34.4 Å². The predicted octanol–water partition coefficient (Wildman–Crippen LogP) is 11.4. The predicted molar refractivity (Wildman–Crippen MR) is 291 cm³/mol. The lowest BCUT2D eigenvalue weighted by molar-refractivity contribution is -0.165. The van der Waals surface area contributed by atoms with Crippen molar-refractivity contribution in [1.29, 1.82) is 0 Å². The molecule has 12 nitrogen and oxygen atoms in total. The lowest BCUT2D eigenvalue weighted by Crippen LogP contribution is -2.45. The average molecular weight is 1140 g/mol. The summed E-state index contributed by atoms with van der Waals surface area (Å²) in [4.78, 5) is 118. The third-order valence-corrected chi connectivity index (χ3v) is 16.7. The van der Waals surface area contributed by atoms with E-state index in [1.807, 2.05) is 0 Å². The van der Waals surface area contributed by atoms with Crippen molar-refractivity contribution < 1.29 is 74.9 Å². The number of Topliss-reactive ketones (excluding diaryl/α,β-unsaturated/α-hetero) is 4. The van der Waals surface area contributed by atoms with Crippen molar-refractivity contribution in [2.45, 2.75) is 37.3 Å². The Balaban J connectivity index is 1.16. The number of fused-ring (bicyclic) bond motifs is 6. The Labute approximate surface area is 470 Å². The first-order valence-electron chi connectivity index (χ1n) is 25.1. The number of allylic oxidation sites excluding steroid dienone is 2. The number of hydrogen-bond donors (Lipinski definition) is 0. The molecule has 404 valence electrons. The Morgan fingerprint density at radius 3 is 0.988 bits per heavy atom. The standard InChI is InChI=1S/C64H36F4O12S2/c65-37-21-41-43(53(69)55(71)49(41)47(67)23-37)25-39-27-45-57(81-39)52-51(63(45,59(73)77-29-33-13-5-1-6-14-33)60(74)78-30-34-15-7-2-8-16-34)58-46(28-40(82-58)26-44-42-22-38(66)24-48(68)50(42)56(72)54(44)70)64(52,61(75)79-31-35-17-9-3-10-18-35)62(76)80-32-36-19-11-4-12-20-36/h1-28H,29-32H2/b43-25-,44-26-. The summed E-state index contributed by atoms with van der Waals surface area (Å²) in [6.45, 7) is -1.84.